The third kappa shape index (κ3) is 3.02. The Morgan fingerprint density at radius 1 is 1.38 bits per heavy atom. The van der Waals surface area contributed by atoms with Gasteiger partial charge in [-0.25, -0.2) is 9.48 Å². The molecule has 0 radical (unpaired) electrons. The van der Waals surface area contributed by atoms with Crippen LogP contribution < -0.4 is 5.56 Å². The second-order valence-electron chi connectivity index (χ2n) is 6.14. The molecule has 0 fully saturated rings. The molecule has 5 nitrogen and oxygen atoms in total. The molecule has 1 atom stereocenters. The summed E-state index contributed by atoms with van der Waals surface area (Å²) in [6.07, 6.45) is 2.37. The number of aryl methyl sites for hydroxylation is 3. The molecule has 1 heterocycles. The van der Waals surface area contributed by atoms with Gasteiger partial charge >= 0.3 is 5.97 Å². The Hall–Kier alpha value is -1.95. The average Bonchev–Trinajstić information content (AvgIpc) is 2.54. The molecule has 1 aliphatic carbocycles. The number of nitrogens with zero attached hydrogens (tertiary/aromatic N) is 2. The number of rotatable bonds is 2. The maximum Gasteiger partial charge on any atom is 0.344 e. The van der Waals surface area contributed by atoms with Crippen LogP contribution in [0.15, 0.2) is 27.5 Å². The van der Waals surface area contributed by atoms with E-state index in [9.17, 15) is 9.59 Å². The second kappa shape index (κ2) is 6.51. The van der Waals surface area contributed by atoms with Crippen molar-refractivity contribution < 1.29 is 9.53 Å². The minimum Gasteiger partial charge on any atom is -0.454 e. The molecule has 0 saturated carbocycles. The summed E-state index contributed by atoms with van der Waals surface area (Å²) in [6, 6.07) is 6.05. The number of hydrogen-bond acceptors (Lipinski definition) is 4. The number of carbonyl (C=O) groups excluding carboxylic acids is 1. The highest BCUT2D eigenvalue weighted by Gasteiger charge is 2.27. The van der Waals surface area contributed by atoms with E-state index >= 15 is 0 Å². The van der Waals surface area contributed by atoms with Crippen LogP contribution in [0.1, 0.15) is 51.7 Å². The molecule has 0 aliphatic heterocycles. The van der Waals surface area contributed by atoms with E-state index in [0.717, 1.165) is 29.3 Å². The lowest BCUT2D eigenvalue weighted by Gasteiger charge is -2.26. The van der Waals surface area contributed by atoms with Crippen molar-refractivity contribution in [3.63, 3.8) is 0 Å². The molecule has 0 saturated heterocycles. The highest BCUT2D eigenvalue weighted by atomic mass is 79.9. The molecular weight excluding hydrogens is 372 g/mol. The van der Waals surface area contributed by atoms with Crippen molar-refractivity contribution in [2.45, 2.75) is 39.2 Å². The standard InChI is InChI=1S/C18H19BrN2O3/c1-10-11(2)20-21(3)17(22)16(10)18(23)24-15-6-4-5-12-7-8-13(19)9-14(12)15/h7-9,15H,4-6H2,1-3H3/t15-/m1/s1. The summed E-state index contributed by atoms with van der Waals surface area (Å²) in [6.45, 7) is 3.50. The minimum atomic E-state index is -0.573. The predicted molar refractivity (Wildman–Crippen MR) is 94.2 cm³/mol. The highest BCUT2D eigenvalue weighted by molar-refractivity contribution is 9.10. The molecule has 24 heavy (non-hydrogen) atoms. The van der Waals surface area contributed by atoms with E-state index in [1.165, 1.54) is 10.2 Å². The fourth-order valence-corrected chi connectivity index (χ4v) is 3.50. The third-order valence-corrected chi connectivity index (χ3v) is 5.04. The lowest BCUT2D eigenvalue weighted by atomic mass is 9.89. The Kier molecular flexibility index (Phi) is 4.58. The molecule has 0 bridgehead atoms. The molecule has 126 valence electrons. The first-order valence-corrected chi connectivity index (χ1v) is 8.71. The number of fused-ring (bicyclic) bond motifs is 1. The number of hydrogen-bond donors (Lipinski definition) is 0. The predicted octanol–water partition coefficient (Wildman–Crippen LogP) is 3.39. The molecule has 0 unspecified atom stereocenters. The molecule has 0 amide bonds. The van der Waals surface area contributed by atoms with Gasteiger partial charge < -0.3 is 4.74 Å². The Labute approximate surface area is 148 Å². The Balaban J connectivity index is 1.96. The quantitative estimate of drug-likeness (QED) is 0.737. The van der Waals surface area contributed by atoms with Gasteiger partial charge in [-0.05, 0) is 61.9 Å². The first-order valence-electron chi connectivity index (χ1n) is 7.92. The van der Waals surface area contributed by atoms with E-state index in [1.54, 1.807) is 20.9 Å². The molecule has 2 aromatic rings. The van der Waals surface area contributed by atoms with Crippen molar-refractivity contribution >= 4 is 21.9 Å². The molecule has 0 spiro atoms. The summed E-state index contributed by atoms with van der Waals surface area (Å²) < 4.78 is 7.87. The SMILES string of the molecule is Cc1nn(C)c(=O)c(C(=O)O[C@@H]2CCCc3ccc(Br)cc32)c1C. The van der Waals surface area contributed by atoms with Crippen molar-refractivity contribution in [1.29, 1.82) is 0 Å². The first-order chi connectivity index (χ1) is 11.4. The van der Waals surface area contributed by atoms with Crippen LogP contribution in [-0.2, 0) is 18.2 Å². The largest absolute Gasteiger partial charge is 0.454 e. The molecule has 0 N–H and O–H groups in total. The van der Waals surface area contributed by atoms with Crippen molar-refractivity contribution in [2.75, 3.05) is 0 Å². The van der Waals surface area contributed by atoms with E-state index < -0.39 is 11.5 Å². The summed E-state index contributed by atoms with van der Waals surface area (Å²) in [4.78, 5) is 25.0. The molecule has 1 aliphatic rings. The van der Waals surface area contributed by atoms with Gasteiger partial charge in [0.05, 0.1) is 5.69 Å². The number of esters is 1. The fraction of sp³-hybridized carbons (Fsp3) is 0.389. The van der Waals surface area contributed by atoms with Gasteiger partial charge in [0.15, 0.2) is 0 Å². The average molecular weight is 391 g/mol. The van der Waals surface area contributed by atoms with Crippen LogP contribution in [0.25, 0.3) is 0 Å². The van der Waals surface area contributed by atoms with Gasteiger partial charge in [-0.1, -0.05) is 22.0 Å². The normalized spacial score (nSPS) is 16.6. The molecule has 1 aromatic carbocycles. The van der Waals surface area contributed by atoms with Crippen LogP contribution in [-0.4, -0.2) is 15.7 Å². The maximum absolute atomic E-state index is 12.7. The summed E-state index contributed by atoms with van der Waals surface area (Å²) in [5.41, 5.74) is 3.09. The van der Waals surface area contributed by atoms with Gasteiger partial charge in [0.25, 0.3) is 5.56 Å². The Bertz CT molecular complexity index is 873. The van der Waals surface area contributed by atoms with Crippen LogP contribution in [0, 0.1) is 13.8 Å². The Morgan fingerprint density at radius 3 is 2.88 bits per heavy atom. The number of aromatic nitrogens is 2. The van der Waals surface area contributed by atoms with Crippen LogP contribution >= 0.6 is 15.9 Å². The summed E-state index contributed by atoms with van der Waals surface area (Å²) in [5.74, 6) is -0.573. The number of ether oxygens (including phenoxy) is 1. The lowest BCUT2D eigenvalue weighted by molar-refractivity contribution is 0.0252. The third-order valence-electron chi connectivity index (χ3n) is 4.55. The molecule has 3 rings (SSSR count). The monoisotopic (exact) mass is 390 g/mol. The zero-order valence-electron chi connectivity index (χ0n) is 13.9. The van der Waals surface area contributed by atoms with E-state index in [2.05, 4.69) is 27.1 Å². The zero-order valence-corrected chi connectivity index (χ0v) is 15.5. The highest BCUT2D eigenvalue weighted by Crippen LogP contribution is 2.34. The summed E-state index contributed by atoms with van der Waals surface area (Å²) >= 11 is 3.47. The smallest absolute Gasteiger partial charge is 0.344 e. The van der Waals surface area contributed by atoms with E-state index in [-0.39, 0.29) is 11.7 Å². The van der Waals surface area contributed by atoms with Crippen molar-refractivity contribution in [3.05, 3.63) is 61.0 Å². The topological polar surface area (TPSA) is 61.2 Å². The van der Waals surface area contributed by atoms with Crippen LogP contribution in [0.4, 0.5) is 0 Å². The summed E-state index contributed by atoms with van der Waals surface area (Å²) in [7, 11) is 1.54. The van der Waals surface area contributed by atoms with Gasteiger partial charge in [0, 0.05) is 11.5 Å². The number of halogens is 1. The van der Waals surface area contributed by atoms with Gasteiger partial charge in [0.2, 0.25) is 0 Å². The first kappa shape index (κ1) is 16.9. The van der Waals surface area contributed by atoms with E-state index in [1.807, 2.05) is 12.1 Å². The lowest BCUT2D eigenvalue weighted by Crippen LogP contribution is -2.30. The number of carbonyl (C=O) groups is 1. The van der Waals surface area contributed by atoms with Gasteiger partial charge in [-0.15, -0.1) is 0 Å². The molecular formula is C18H19BrN2O3. The summed E-state index contributed by atoms with van der Waals surface area (Å²) in [5, 5.41) is 4.10. The van der Waals surface area contributed by atoms with Crippen molar-refractivity contribution in [2.24, 2.45) is 7.05 Å². The maximum atomic E-state index is 12.7. The van der Waals surface area contributed by atoms with Crippen LogP contribution in [0.3, 0.4) is 0 Å². The second-order valence-corrected chi connectivity index (χ2v) is 7.06. The van der Waals surface area contributed by atoms with Gasteiger partial charge in [-0.3, -0.25) is 4.79 Å². The van der Waals surface area contributed by atoms with Gasteiger partial charge in [-0.2, -0.15) is 5.10 Å². The zero-order chi connectivity index (χ0) is 17.4. The van der Waals surface area contributed by atoms with Crippen LogP contribution in [0.5, 0.6) is 0 Å². The van der Waals surface area contributed by atoms with Crippen molar-refractivity contribution in [1.82, 2.24) is 9.78 Å². The van der Waals surface area contributed by atoms with Gasteiger partial charge in [0.1, 0.15) is 11.7 Å². The number of benzene rings is 1. The van der Waals surface area contributed by atoms with E-state index in [4.69, 9.17) is 4.74 Å². The Morgan fingerprint density at radius 2 is 2.12 bits per heavy atom. The van der Waals surface area contributed by atoms with Crippen molar-refractivity contribution in [3.8, 4) is 0 Å². The molecule has 6 heteroatoms. The van der Waals surface area contributed by atoms with E-state index in [0.29, 0.717) is 11.3 Å². The molecule has 1 aromatic heterocycles. The fourth-order valence-electron chi connectivity index (χ4n) is 3.13. The minimum absolute atomic E-state index is 0.0760. The van der Waals surface area contributed by atoms with Crippen LogP contribution in [0.2, 0.25) is 0 Å².